The fourth-order valence-electron chi connectivity index (χ4n) is 1.13. The van der Waals surface area contributed by atoms with Gasteiger partial charge in [0.05, 0.1) is 0 Å². The maximum absolute atomic E-state index is 11.0. The highest BCUT2D eigenvalue weighted by molar-refractivity contribution is 7.84. The van der Waals surface area contributed by atoms with Gasteiger partial charge in [0.2, 0.25) is 0 Å². The van der Waals surface area contributed by atoms with Gasteiger partial charge >= 0.3 is 0 Å². The van der Waals surface area contributed by atoms with Crippen LogP contribution in [0.3, 0.4) is 0 Å². The first-order chi connectivity index (χ1) is 6.31. The Hall–Kier alpha value is 0.110. The monoisotopic (exact) mass is 205 g/mol. The summed E-state index contributed by atoms with van der Waals surface area (Å²) in [5.74, 6) is 1.60. The summed E-state index contributed by atoms with van der Waals surface area (Å²) in [6.07, 6.45) is 5.20. The second-order valence-electron chi connectivity index (χ2n) is 3.24. The van der Waals surface area contributed by atoms with Crippen molar-refractivity contribution in [3.8, 4) is 0 Å². The molecule has 0 aromatic heterocycles. The Morgan fingerprint density at radius 2 is 1.85 bits per heavy atom. The van der Waals surface area contributed by atoms with Crippen LogP contribution in [0.1, 0.15) is 39.5 Å². The molecule has 0 saturated heterocycles. The molecule has 1 atom stereocenters. The molecule has 0 amide bonds. The summed E-state index contributed by atoms with van der Waals surface area (Å²) in [5, 5.41) is 3.32. The van der Waals surface area contributed by atoms with Crippen molar-refractivity contribution in [3.05, 3.63) is 0 Å². The smallest absolute Gasteiger partial charge is 0.0359 e. The first-order valence-corrected chi connectivity index (χ1v) is 6.85. The van der Waals surface area contributed by atoms with E-state index in [0.717, 1.165) is 24.6 Å². The highest BCUT2D eigenvalue weighted by atomic mass is 32.2. The van der Waals surface area contributed by atoms with E-state index in [9.17, 15) is 4.21 Å². The highest BCUT2D eigenvalue weighted by Gasteiger charge is 1.94. The van der Waals surface area contributed by atoms with Crippen LogP contribution in [0, 0.1) is 0 Å². The molecule has 0 spiro atoms. The number of hydrogen-bond acceptors (Lipinski definition) is 2. The van der Waals surface area contributed by atoms with Crippen LogP contribution in [0.4, 0.5) is 0 Å². The molecule has 1 unspecified atom stereocenters. The zero-order valence-electron chi connectivity index (χ0n) is 8.97. The third kappa shape index (κ3) is 10.0. The van der Waals surface area contributed by atoms with Gasteiger partial charge in [0, 0.05) is 28.9 Å². The molecule has 80 valence electrons. The third-order valence-electron chi connectivity index (χ3n) is 2.04. The van der Waals surface area contributed by atoms with E-state index in [1.165, 1.54) is 25.7 Å². The van der Waals surface area contributed by atoms with Crippen molar-refractivity contribution in [1.29, 1.82) is 0 Å². The highest BCUT2D eigenvalue weighted by Crippen LogP contribution is 1.96. The molecule has 0 rings (SSSR count). The van der Waals surface area contributed by atoms with E-state index in [4.69, 9.17) is 0 Å². The molecule has 0 heterocycles. The van der Waals surface area contributed by atoms with Gasteiger partial charge in [-0.15, -0.1) is 0 Å². The lowest BCUT2D eigenvalue weighted by molar-refractivity contribution is 0.610. The molecular weight excluding hydrogens is 182 g/mol. The predicted octanol–water partition coefficient (Wildman–Crippen LogP) is 1.92. The van der Waals surface area contributed by atoms with Gasteiger partial charge in [-0.25, -0.2) is 0 Å². The van der Waals surface area contributed by atoms with Gasteiger partial charge in [-0.3, -0.25) is 4.21 Å². The molecule has 13 heavy (non-hydrogen) atoms. The van der Waals surface area contributed by atoms with Crippen LogP contribution in [0.25, 0.3) is 0 Å². The zero-order valence-corrected chi connectivity index (χ0v) is 9.79. The minimum Gasteiger partial charge on any atom is -0.316 e. The van der Waals surface area contributed by atoms with Gasteiger partial charge in [-0.2, -0.15) is 0 Å². The quantitative estimate of drug-likeness (QED) is 0.583. The minimum atomic E-state index is -0.598. The predicted molar refractivity (Wildman–Crippen MR) is 60.6 cm³/mol. The number of unbranched alkanes of at least 4 members (excludes halogenated alkanes) is 3. The van der Waals surface area contributed by atoms with E-state index in [2.05, 4.69) is 12.2 Å². The molecule has 0 fully saturated rings. The van der Waals surface area contributed by atoms with Crippen molar-refractivity contribution in [2.24, 2.45) is 0 Å². The average molecular weight is 205 g/mol. The van der Waals surface area contributed by atoms with Crippen molar-refractivity contribution in [1.82, 2.24) is 5.32 Å². The Kier molecular flexibility index (Phi) is 10.3. The Morgan fingerprint density at radius 3 is 2.46 bits per heavy atom. The van der Waals surface area contributed by atoms with Crippen molar-refractivity contribution in [2.75, 3.05) is 24.6 Å². The van der Waals surface area contributed by atoms with Crippen LogP contribution in [0.5, 0.6) is 0 Å². The largest absolute Gasteiger partial charge is 0.316 e. The van der Waals surface area contributed by atoms with Crippen molar-refractivity contribution in [3.63, 3.8) is 0 Å². The van der Waals surface area contributed by atoms with Crippen LogP contribution in [0.2, 0.25) is 0 Å². The van der Waals surface area contributed by atoms with E-state index in [1.54, 1.807) is 0 Å². The van der Waals surface area contributed by atoms with Crippen LogP contribution in [-0.2, 0) is 10.8 Å². The standard InChI is InChI=1S/C10H23NOS/c1-3-5-6-7-8-11-9-10-13(12)4-2/h11H,3-10H2,1-2H3. The van der Waals surface area contributed by atoms with Gasteiger partial charge in [0.25, 0.3) is 0 Å². The van der Waals surface area contributed by atoms with Crippen LogP contribution >= 0.6 is 0 Å². The maximum Gasteiger partial charge on any atom is 0.0359 e. The lowest BCUT2D eigenvalue weighted by Crippen LogP contribution is -2.22. The van der Waals surface area contributed by atoms with Crippen molar-refractivity contribution in [2.45, 2.75) is 39.5 Å². The lowest BCUT2D eigenvalue weighted by atomic mass is 10.2. The number of hydrogen-bond donors (Lipinski definition) is 1. The topological polar surface area (TPSA) is 29.1 Å². The van der Waals surface area contributed by atoms with Gasteiger partial charge < -0.3 is 5.32 Å². The number of rotatable bonds is 9. The van der Waals surface area contributed by atoms with Gasteiger partial charge in [-0.1, -0.05) is 33.1 Å². The van der Waals surface area contributed by atoms with Crippen molar-refractivity contribution < 1.29 is 4.21 Å². The Labute approximate surface area is 84.9 Å². The summed E-state index contributed by atoms with van der Waals surface area (Å²) in [6.45, 7) is 6.18. The summed E-state index contributed by atoms with van der Waals surface area (Å²) in [7, 11) is -0.598. The summed E-state index contributed by atoms with van der Waals surface area (Å²) >= 11 is 0. The molecule has 0 aromatic rings. The molecule has 3 heteroatoms. The molecule has 2 nitrogen and oxygen atoms in total. The first-order valence-electron chi connectivity index (χ1n) is 5.37. The van der Waals surface area contributed by atoms with Gasteiger partial charge in [0.15, 0.2) is 0 Å². The molecular formula is C10H23NOS. The van der Waals surface area contributed by atoms with E-state index in [1.807, 2.05) is 6.92 Å². The van der Waals surface area contributed by atoms with E-state index in [-0.39, 0.29) is 0 Å². The molecule has 0 radical (unpaired) electrons. The number of nitrogens with one attached hydrogen (secondary N) is 1. The summed E-state index contributed by atoms with van der Waals surface area (Å²) in [5.41, 5.74) is 0. The summed E-state index contributed by atoms with van der Waals surface area (Å²) < 4.78 is 11.0. The Morgan fingerprint density at radius 1 is 1.08 bits per heavy atom. The third-order valence-corrected chi connectivity index (χ3v) is 3.34. The zero-order chi connectivity index (χ0) is 9.94. The van der Waals surface area contributed by atoms with Crippen LogP contribution in [0.15, 0.2) is 0 Å². The summed E-state index contributed by atoms with van der Waals surface area (Å²) in [4.78, 5) is 0. The molecule has 0 aliphatic carbocycles. The minimum absolute atomic E-state index is 0.598. The SMILES string of the molecule is CCCCCCNCCS(=O)CC. The lowest BCUT2D eigenvalue weighted by Gasteiger charge is -2.03. The van der Waals surface area contributed by atoms with E-state index >= 15 is 0 Å². The molecule has 0 aromatic carbocycles. The molecule has 0 bridgehead atoms. The fraction of sp³-hybridized carbons (Fsp3) is 1.00. The molecule has 0 aliphatic rings. The summed E-state index contributed by atoms with van der Waals surface area (Å²) in [6, 6.07) is 0. The normalized spacial score (nSPS) is 13.1. The van der Waals surface area contributed by atoms with Crippen molar-refractivity contribution >= 4 is 10.8 Å². The maximum atomic E-state index is 11.0. The Balaban J connectivity index is 2.95. The molecule has 0 aliphatic heterocycles. The Bertz CT molecular complexity index is 128. The van der Waals surface area contributed by atoms with E-state index in [0.29, 0.717) is 0 Å². The van der Waals surface area contributed by atoms with E-state index < -0.39 is 10.8 Å². The average Bonchev–Trinajstić information content (AvgIpc) is 2.16. The van der Waals surface area contributed by atoms with Crippen LogP contribution in [-0.4, -0.2) is 28.8 Å². The fourth-order valence-corrected chi connectivity index (χ4v) is 1.79. The van der Waals surface area contributed by atoms with Gasteiger partial charge in [-0.05, 0) is 13.0 Å². The first kappa shape index (κ1) is 13.1. The molecule has 0 saturated carbocycles. The second kappa shape index (κ2) is 10.2. The second-order valence-corrected chi connectivity index (χ2v) is 5.11. The van der Waals surface area contributed by atoms with Crippen LogP contribution < -0.4 is 5.32 Å². The van der Waals surface area contributed by atoms with Gasteiger partial charge in [0.1, 0.15) is 0 Å². The molecule has 1 N–H and O–H groups in total.